The van der Waals surface area contributed by atoms with Crippen LogP contribution in [-0.4, -0.2) is 33.9 Å². The van der Waals surface area contributed by atoms with E-state index >= 15 is 0 Å². The highest BCUT2D eigenvalue weighted by Gasteiger charge is 2.47. The standard InChI is InChI=1S/C25H19FN2O7/c1-13-11-15(4-10-20(13)35-2)23(30)21-22(14-3-9-19(29)18(12-14)28(33)34)27(25(32)24(21)31)17-7-5-16(26)6-8-17/h3-12,22,29-30H,1-2H3/b23-21-. The molecule has 0 aromatic heterocycles. The number of aromatic hydroxyl groups is 1. The van der Waals surface area contributed by atoms with Gasteiger partial charge in [0.15, 0.2) is 5.75 Å². The van der Waals surface area contributed by atoms with E-state index < -0.39 is 45.7 Å². The molecular formula is C25H19FN2O7. The first kappa shape index (κ1) is 23.4. The first-order chi connectivity index (χ1) is 16.6. The number of anilines is 1. The number of hydrogen-bond acceptors (Lipinski definition) is 7. The minimum Gasteiger partial charge on any atom is -0.507 e. The lowest BCUT2D eigenvalue weighted by atomic mass is 9.94. The Morgan fingerprint density at radius 3 is 2.37 bits per heavy atom. The number of phenols is 1. The van der Waals surface area contributed by atoms with Gasteiger partial charge in [0, 0.05) is 17.3 Å². The van der Waals surface area contributed by atoms with Gasteiger partial charge in [-0.3, -0.25) is 24.6 Å². The fourth-order valence-electron chi connectivity index (χ4n) is 4.05. The van der Waals surface area contributed by atoms with Gasteiger partial charge in [-0.05, 0) is 66.6 Å². The van der Waals surface area contributed by atoms with Crippen molar-refractivity contribution in [1.29, 1.82) is 0 Å². The number of aliphatic hydroxyl groups is 1. The van der Waals surface area contributed by atoms with Crippen LogP contribution in [0.3, 0.4) is 0 Å². The Balaban J connectivity index is 1.98. The van der Waals surface area contributed by atoms with Gasteiger partial charge in [0.25, 0.3) is 11.7 Å². The number of nitrogens with zero attached hydrogens (tertiary/aromatic N) is 2. The van der Waals surface area contributed by atoms with Gasteiger partial charge in [-0.2, -0.15) is 0 Å². The van der Waals surface area contributed by atoms with Gasteiger partial charge in [0.2, 0.25) is 0 Å². The Bertz CT molecular complexity index is 1400. The van der Waals surface area contributed by atoms with Gasteiger partial charge in [0.1, 0.15) is 17.3 Å². The lowest BCUT2D eigenvalue weighted by molar-refractivity contribution is -0.385. The van der Waals surface area contributed by atoms with Crippen LogP contribution < -0.4 is 9.64 Å². The third-order valence-corrected chi connectivity index (χ3v) is 5.73. The first-order valence-corrected chi connectivity index (χ1v) is 10.3. The van der Waals surface area contributed by atoms with E-state index in [0.29, 0.717) is 11.3 Å². The number of phenolic OH excluding ortho intramolecular Hbond substituents is 1. The van der Waals surface area contributed by atoms with Crippen LogP contribution >= 0.6 is 0 Å². The van der Waals surface area contributed by atoms with Crippen molar-refractivity contribution in [2.45, 2.75) is 13.0 Å². The molecule has 3 aromatic rings. The Morgan fingerprint density at radius 2 is 1.77 bits per heavy atom. The lowest BCUT2D eigenvalue weighted by Gasteiger charge is -2.25. The Morgan fingerprint density at radius 1 is 1.09 bits per heavy atom. The summed E-state index contributed by atoms with van der Waals surface area (Å²) in [5.41, 5.74) is 0.139. The highest BCUT2D eigenvalue weighted by Crippen LogP contribution is 2.44. The number of nitro groups is 1. The molecule has 0 radical (unpaired) electrons. The van der Waals surface area contributed by atoms with Crippen LogP contribution in [0.25, 0.3) is 5.76 Å². The number of ether oxygens (including phenoxy) is 1. The van der Waals surface area contributed by atoms with E-state index in [2.05, 4.69) is 0 Å². The van der Waals surface area contributed by atoms with Crippen molar-refractivity contribution in [3.05, 3.63) is 98.9 Å². The monoisotopic (exact) mass is 478 g/mol. The topological polar surface area (TPSA) is 130 Å². The summed E-state index contributed by atoms with van der Waals surface area (Å²) in [6.07, 6.45) is 0. The smallest absolute Gasteiger partial charge is 0.311 e. The number of Topliss-reactive ketones (excluding diaryl/α,β-unsaturated/α-hetero) is 1. The molecule has 9 nitrogen and oxygen atoms in total. The number of ketones is 1. The molecule has 1 unspecified atom stereocenters. The maximum atomic E-state index is 13.5. The molecule has 1 aliphatic rings. The lowest BCUT2D eigenvalue weighted by Crippen LogP contribution is -2.29. The predicted octanol–water partition coefficient (Wildman–Crippen LogP) is 4.38. The summed E-state index contributed by atoms with van der Waals surface area (Å²) < 4.78 is 18.8. The third kappa shape index (κ3) is 4.05. The molecule has 0 bridgehead atoms. The summed E-state index contributed by atoms with van der Waals surface area (Å²) >= 11 is 0. The van der Waals surface area contributed by atoms with E-state index in [9.17, 15) is 34.3 Å². The molecule has 35 heavy (non-hydrogen) atoms. The average molecular weight is 478 g/mol. The van der Waals surface area contributed by atoms with Crippen molar-refractivity contribution in [2.24, 2.45) is 0 Å². The number of halogens is 1. The number of methoxy groups -OCH3 is 1. The van der Waals surface area contributed by atoms with Crippen LogP contribution in [0.1, 0.15) is 22.7 Å². The minimum absolute atomic E-state index is 0.0878. The van der Waals surface area contributed by atoms with Crippen molar-refractivity contribution in [2.75, 3.05) is 12.0 Å². The molecule has 0 aliphatic carbocycles. The van der Waals surface area contributed by atoms with E-state index in [1.54, 1.807) is 19.1 Å². The van der Waals surface area contributed by atoms with E-state index in [4.69, 9.17) is 4.74 Å². The summed E-state index contributed by atoms with van der Waals surface area (Å²) in [6, 6.07) is 11.5. The average Bonchev–Trinajstić information content (AvgIpc) is 3.09. The second-order valence-corrected chi connectivity index (χ2v) is 7.84. The molecular weight excluding hydrogens is 459 g/mol. The van der Waals surface area contributed by atoms with E-state index in [1.165, 1.54) is 31.4 Å². The molecule has 1 fully saturated rings. The molecule has 1 atom stereocenters. The number of aliphatic hydroxyl groups excluding tert-OH is 1. The zero-order chi connectivity index (χ0) is 25.4. The second kappa shape index (κ2) is 8.90. The number of hydrogen-bond donors (Lipinski definition) is 2. The summed E-state index contributed by atoms with van der Waals surface area (Å²) in [7, 11) is 1.48. The normalized spacial score (nSPS) is 17.0. The van der Waals surface area contributed by atoms with Crippen LogP contribution in [0.2, 0.25) is 0 Å². The summed E-state index contributed by atoms with van der Waals surface area (Å²) in [5.74, 6) is -3.18. The molecule has 0 spiro atoms. The van der Waals surface area contributed by atoms with Gasteiger partial charge < -0.3 is 14.9 Å². The number of rotatable bonds is 5. The Hall–Kier alpha value is -4.73. The third-order valence-electron chi connectivity index (χ3n) is 5.73. The molecule has 10 heteroatoms. The Kier molecular flexibility index (Phi) is 5.96. The number of benzene rings is 3. The highest BCUT2D eigenvalue weighted by molar-refractivity contribution is 6.51. The maximum absolute atomic E-state index is 13.5. The molecule has 1 saturated heterocycles. The zero-order valence-electron chi connectivity index (χ0n) is 18.6. The van der Waals surface area contributed by atoms with Crippen LogP contribution in [0, 0.1) is 22.9 Å². The van der Waals surface area contributed by atoms with Gasteiger partial charge in [-0.25, -0.2) is 4.39 Å². The number of carbonyl (C=O) groups is 2. The molecule has 4 rings (SSSR count). The summed E-state index contributed by atoms with van der Waals surface area (Å²) in [6.45, 7) is 1.73. The quantitative estimate of drug-likeness (QED) is 0.183. The molecule has 1 heterocycles. The zero-order valence-corrected chi connectivity index (χ0v) is 18.6. The summed E-state index contributed by atoms with van der Waals surface area (Å²) in [4.78, 5) is 37.9. The predicted molar refractivity (Wildman–Crippen MR) is 124 cm³/mol. The fourth-order valence-corrected chi connectivity index (χ4v) is 4.05. The van der Waals surface area contributed by atoms with E-state index in [0.717, 1.165) is 29.2 Å². The van der Waals surface area contributed by atoms with E-state index in [1.807, 2.05) is 0 Å². The van der Waals surface area contributed by atoms with Crippen LogP contribution in [0.15, 0.2) is 66.2 Å². The molecule has 2 N–H and O–H groups in total. The SMILES string of the molecule is COc1ccc(/C(O)=C2/C(=O)C(=O)N(c3ccc(F)cc3)C2c2ccc(O)c([N+](=O)[O-])c2)cc1C. The van der Waals surface area contributed by atoms with Gasteiger partial charge in [-0.15, -0.1) is 0 Å². The molecule has 178 valence electrons. The minimum atomic E-state index is -1.29. The van der Waals surface area contributed by atoms with Crippen molar-refractivity contribution >= 4 is 28.8 Å². The molecule has 3 aromatic carbocycles. The van der Waals surface area contributed by atoms with Crippen molar-refractivity contribution < 1.29 is 33.9 Å². The second-order valence-electron chi connectivity index (χ2n) is 7.84. The van der Waals surface area contributed by atoms with Gasteiger partial charge in [-0.1, -0.05) is 6.07 Å². The summed E-state index contributed by atoms with van der Waals surface area (Å²) in [5, 5.41) is 32.5. The van der Waals surface area contributed by atoms with Crippen LogP contribution in [0.4, 0.5) is 15.8 Å². The van der Waals surface area contributed by atoms with Crippen molar-refractivity contribution in [3.8, 4) is 11.5 Å². The van der Waals surface area contributed by atoms with Crippen molar-refractivity contribution in [1.82, 2.24) is 0 Å². The number of nitro benzene ring substituents is 1. The molecule has 1 amide bonds. The van der Waals surface area contributed by atoms with Crippen molar-refractivity contribution in [3.63, 3.8) is 0 Å². The van der Waals surface area contributed by atoms with Gasteiger partial charge in [0.05, 0.1) is 23.6 Å². The van der Waals surface area contributed by atoms with Crippen LogP contribution in [-0.2, 0) is 9.59 Å². The molecule has 1 aliphatic heterocycles. The molecule has 0 saturated carbocycles. The van der Waals surface area contributed by atoms with Gasteiger partial charge >= 0.3 is 5.69 Å². The largest absolute Gasteiger partial charge is 0.507 e. The number of carbonyl (C=O) groups excluding carboxylic acids is 2. The number of aryl methyl sites for hydroxylation is 1. The Labute approximate surface area is 198 Å². The highest BCUT2D eigenvalue weighted by atomic mass is 19.1. The fraction of sp³-hybridized carbons (Fsp3) is 0.120. The van der Waals surface area contributed by atoms with Crippen LogP contribution in [0.5, 0.6) is 11.5 Å². The number of amides is 1. The first-order valence-electron chi connectivity index (χ1n) is 10.3. The maximum Gasteiger partial charge on any atom is 0.311 e. The van der Waals surface area contributed by atoms with E-state index in [-0.39, 0.29) is 22.4 Å².